The van der Waals surface area contributed by atoms with Crippen LogP contribution in [0.3, 0.4) is 0 Å². The van der Waals surface area contributed by atoms with Crippen LogP contribution in [-0.4, -0.2) is 28.4 Å². The van der Waals surface area contributed by atoms with E-state index in [1.807, 2.05) is 13.8 Å². The number of hydrogen-bond acceptors (Lipinski definition) is 4. The summed E-state index contributed by atoms with van der Waals surface area (Å²) in [6.45, 7) is 9.52. The molecule has 2 aliphatic heterocycles. The predicted octanol–water partition coefficient (Wildman–Crippen LogP) is 3.61. The van der Waals surface area contributed by atoms with Crippen molar-refractivity contribution >= 4 is 5.97 Å². The molecule has 0 aromatic heterocycles. The summed E-state index contributed by atoms with van der Waals surface area (Å²) in [5.41, 5.74) is -0.694. The summed E-state index contributed by atoms with van der Waals surface area (Å²) < 4.78 is 5.73. The van der Waals surface area contributed by atoms with Gasteiger partial charge in [-0.1, -0.05) is 12.7 Å². The summed E-state index contributed by atoms with van der Waals surface area (Å²) in [6, 6.07) is 0. The van der Waals surface area contributed by atoms with Crippen molar-refractivity contribution in [1.29, 1.82) is 0 Å². The number of rotatable bonds is 5. The zero-order chi connectivity index (χ0) is 16.4. The molecule has 0 aliphatic carbocycles. The Morgan fingerprint density at radius 2 is 2.23 bits per heavy atom. The quantitative estimate of drug-likeness (QED) is 0.621. The molecule has 124 valence electrons. The molecule has 0 spiro atoms. The Bertz CT molecular complexity index is 462. The summed E-state index contributed by atoms with van der Waals surface area (Å²) in [6.07, 6.45) is 7.72. The van der Waals surface area contributed by atoms with Crippen LogP contribution in [0.15, 0.2) is 24.5 Å². The van der Waals surface area contributed by atoms with Crippen molar-refractivity contribution in [2.45, 2.75) is 70.2 Å². The average Bonchev–Trinajstić information content (AvgIpc) is 2.78. The largest absolute Gasteiger partial charge is 0.488 e. The highest BCUT2D eigenvalue weighted by Gasteiger charge is 2.37. The normalized spacial score (nSPS) is 37.2. The van der Waals surface area contributed by atoms with Crippen LogP contribution >= 0.6 is 0 Å². The molecule has 4 atom stereocenters. The summed E-state index contributed by atoms with van der Waals surface area (Å²) >= 11 is 0. The van der Waals surface area contributed by atoms with Gasteiger partial charge in [-0.15, -0.1) is 0 Å². The molecule has 2 fully saturated rings. The highest BCUT2D eigenvalue weighted by molar-refractivity contribution is 5.70. The second-order valence-corrected chi connectivity index (χ2v) is 6.89. The zero-order valence-electron chi connectivity index (χ0n) is 13.6. The number of allylic oxidation sites excluding steroid dienone is 1. The Kier molecular flexibility index (Phi) is 4.97. The number of hydrogen-bond donors (Lipinski definition) is 1. The van der Waals surface area contributed by atoms with E-state index in [0.29, 0.717) is 12.8 Å². The van der Waals surface area contributed by atoms with Gasteiger partial charge in [-0.05, 0) is 52.5 Å². The van der Waals surface area contributed by atoms with E-state index < -0.39 is 17.5 Å². The number of carbonyl (C=O) groups is 1. The first-order chi connectivity index (χ1) is 10.2. The van der Waals surface area contributed by atoms with Crippen molar-refractivity contribution in [1.82, 2.24) is 0 Å². The second-order valence-electron chi connectivity index (χ2n) is 6.89. The molecule has 2 saturated heterocycles. The molecule has 0 radical (unpaired) electrons. The van der Waals surface area contributed by atoms with Crippen molar-refractivity contribution in [3.8, 4) is 0 Å². The van der Waals surface area contributed by atoms with Crippen LogP contribution in [0.1, 0.15) is 52.9 Å². The first-order valence-electron chi connectivity index (χ1n) is 7.85. The minimum atomic E-state index is -0.858. The fourth-order valence-electron chi connectivity index (χ4n) is 2.84. The number of ether oxygens (including phenoxy) is 1. The van der Waals surface area contributed by atoms with E-state index in [-0.39, 0.29) is 11.7 Å². The summed E-state index contributed by atoms with van der Waals surface area (Å²) in [7, 11) is 0. The van der Waals surface area contributed by atoms with E-state index >= 15 is 0 Å². The van der Waals surface area contributed by atoms with Crippen molar-refractivity contribution in [2.24, 2.45) is 5.92 Å². The first kappa shape index (κ1) is 17.0. The van der Waals surface area contributed by atoms with Gasteiger partial charge < -0.3 is 9.84 Å². The van der Waals surface area contributed by atoms with Crippen LogP contribution in [0.4, 0.5) is 0 Å². The van der Waals surface area contributed by atoms with Crippen LogP contribution in [-0.2, 0) is 19.3 Å². The third kappa shape index (κ3) is 4.11. The molecule has 0 bridgehead atoms. The molecular weight excluding hydrogens is 284 g/mol. The van der Waals surface area contributed by atoms with E-state index in [1.165, 1.54) is 0 Å². The summed E-state index contributed by atoms with van der Waals surface area (Å²) in [4.78, 5) is 21.8. The van der Waals surface area contributed by atoms with Gasteiger partial charge in [0.05, 0.1) is 11.7 Å². The van der Waals surface area contributed by atoms with E-state index in [1.54, 1.807) is 6.92 Å². The standard InChI is InChI=1S/C17H26O5/c1-12-6-10-16(3,20-12)8-5-9-17(4)11-7-14(21-22-17)13(2)15(18)19/h5,8,13-14H,1,6-7,9-11H2,2-4H3,(H,18,19)/b8-5+/t13-,14-,16+,17-/m1/s1. The van der Waals surface area contributed by atoms with Gasteiger partial charge in [0.25, 0.3) is 0 Å². The lowest BCUT2D eigenvalue weighted by Gasteiger charge is -2.36. The van der Waals surface area contributed by atoms with E-state index in [2.05, 4.69) is 18.7 Å². The van der Waals surface area contributed by atoms with Gasteiger partial charge in [0.2, 0.25) is 0 Å². The van der Waals surface area contributed by atoms with Gasteiger partial charge in [-0.3, -0.25) is 4.79 Å². The summed E-state index contributed by atoms with van der Waals surface area (Å²) in [5.74, 6) is -0.582. The number of aliphatic carboxylic acids is 1. The molecular formula is C17H26O5. The molecule has 5 nitrogen and oxygen atoms in total. The molecule has 0 amide bonds. The first-order valence-corrected chi connectivity index (χ1v) is 7.85. The molecule has 1 N–H and O–H groups in total. The second kappa shape index (κ2) is 6.42. The monoisotopic (exact) mass is 310 g/mol. The molecule has 2 rings (SSSR count). The predicted molar refractivity (Wildman–Crippen MR) is 82.0 cm³/mol. The van der Waals surface area contributed by atoms with E-state index in [4.69, 9.17) is 19.6 Å². The third-order valence-corrected chi connectivity index (χ3v) is 4.58. The van der Waals surface area contributed by atoms with Crippen molar-refractivity contribution in [3.05, 3.63) is 24.5 Å². The number of carboxylic acid groups (broad SMARTS) is 1. The Morgan fingerprint density at radius 1 is 1.50 bits per heavy atom. The molecule has 5 heteroatoms. The molecule has 2 heterocycles. The van der Waals surface area contributed by atoms with Crippen LogP contribution in [0.2, 0.25) is 0 Å². The van der Waals surface area contributed by atoms with Gasteiger partial charge in [-0.25, -0.2) is 9.78 Å². The van der Waals surface area contributed by atoms with E-state index in [9.17, 15) is 4.79 Å². The Hall–Kier alpha value is -1.33. The maximum Gasteiger partial charge on any atom is 0.308 e. The lowest BCUT2D eigenvalue weighted by atomic mass is 9.89. The molecule has 0 aromatic rings. The molecule has 0 unspecified atom stereocenters. The minimum Gasteiger partial charge on any atom is -0.488 e. The third-order valence-electron chi connectivity index (χ3n) is 4.58. The molecule has 22 heavy (non-hydrogen) atoms. The number of carboxylic acids is 1. The Morgan fingerprint density at radius 3 is 2.73 bits per heavy atom. The smallest absolute Gasteiger partial charge is 0.308 e. The van der Waals surface area contributed by atoms with Gasteiger partial charge in [0.15, 0.2) is 0 Å². The maximum absolute atomic E-state index is 11.0. The lowest BCUT2D eigenvalue weighted by molar-refractivity contribution is -0.409. The van der Waals surface area contributed by atoms with Gasteiger partial charge in [-0.2, -0.15) is 0 Å². The van der Waals surface area contributed by atoms with Gasteiger partial charge in [0, 0.05) is 6.42 Å². The Labute approximate surface area is 131 Å². The Balaban J connectivity index is 1.84. The minimum absolute atomic E-state index is 0.274. The van der Waals surface area contributed by atoms with Gasteiger partial charge >= 0.3 is 5.97 Å². The highest BCUT2D eigenvalue weighted by Crippen LogP contribution is 2.35. The van der Waals surface area contributed by atoms with Crippen LogP contribution < -0.4 is 0 Å². The molecule has 2 aliphatic rings. The fraction of sp³-hybridized carbons (Fsp3) is 0.706. The maximum atomic E-state index is 11.0. The van der Waals surface area contributed by atoms with E-state index in [0.717, 1.165) is 25.0 Å². The molecule has 0 aromatic carbocycles. The van der Waals surface area contributed by atoms with Crippen molar-refractivity contribution in [2.75, 3.05) is 0 Å². The highest BCUT2D eigenvalue weighted by atomic mass is 17.2. The fourth-order valence-corrected chi connectivity index (χ4v) is 2.84. The zero-order valence-corrected chi connectivity index (χ0v) is 13.6. The van der Waals surface area contributed by atoms with Crippen molar-refractivity contribution in [3.63, 3.8) is 0 Å². The summed E-state index contributed by atoms with van der Waals surface area (Å²) in [5, 5.41) is 9.01. The van der Waals surface area contributed by atoms with Crippen LogP contribution in [0, 0.1) is 5.92 Å². The molecule has 0 saturated carbocycles. The van der Waals surface area contributed by atoms with Crippen molar-refractivity contribution < 1.29 is 24.4 Å². The average molecular weight is 310 g/mol. The lowest BCUT2D eigenvalue weighted by Crippen LogP contribution is -2.41. The SMILES string of the molecule is C=C1CC[C@](C)(/C=C/C[C@]2(C)CC[C@H]([C@@H](C)C(=O)O)OO2)O1. The van der Waals surface area contributed by atoms with Crippen LogP contribution in [0.5, 0.6) is 0 Å². The van der Waals surface area contributed by atoms with Gasteiger partial charge in [0.1, 0.15) is 17.3 Å². The van der Waals surface area contributed by atoms with Crippen LogP contribution in [0.25, 0.3) is 0 Å². The topological polar surface area (TPSA) is 65.0 Å².